The molecular weight excluding hydrogens is 458 g/mol. The first-order valence-corrected chi connectivity index (χ1v) is 13.0. The average Bonchev–Trinajstić information content (AvgIpc) is 3.42. The van der Waals surface area contributed by atoms with E-state index in [2.05, 4.69) is 37.1 Å². The van der Waals surface area contributed by atoms with E-state index in [-0.39, 0.29) is 16.6 Å². The molecule has 0 bridgehead atoms. The Hall–Kier alpha value is -3.11. The van der Waals surface area contributed by atoms with Gasteiger partial charge >= 0.3 is 0 Å². The molecule has 2 aromatic carbocycles. The minimum absolute atomic E-state index is 0.0785. The highest BCUT2D eigenvalue weighted by Gasteiger charge is 2.19. The Kier molecular flexibility index (Phi) is 7.14. The molecule has 8 nitrogen and oxygen atoms in total. The number of nitrogens with one attached hydrogen (secondary N) is 3. The first kappa shape index (κ1) is 23.1. The summed E-state index contributed by atoms with van der Waals surface area (Å²) in [6.45, 7) is 2.60. The summed E-state index contributed by atoms with van der Waals surface area (Å²) >= 11 is 1.30. The highest BCUT2D eigenvalue weighted by molar-refractivity contribution is 7.99. The Morgan fingerprint density at radius 1 is 1.15 bits per heavy atom. The van der Waals surface area contributed by atoms with Crippen molar-refractivity contribution < 1.29 is 13.2 Å². The van der Waals surface area contributed by atoms with Crippen LogP contribution in [0.5, 0.6) is 0 Å². The number of aromatic nitrogens is 2. The largest absolute Gasteiger partial charge is 0.337 e. The van der Waals surface area contributed by atoms with Crippen molar-refractivity contribution in [2.75, 3.05) is 17.6 Å². The zero-order chi connectivity index (χ0) is 23.3. The lowest BCUT2D eigenvalue weighted by Gasteiger charge is -2.10. The second-order valence-corrected chi connectivity index (χ2v) is 10.3. The molecule has 0 radical (unpaired) electrons. The van der Waals surface area contributed by atoms with Crippen molar-refractivity contribution in [3.63, 3.8) is 0 Å². The second kappa shape index (κ2) is 10.2. The van der Waals surface area contributed by atoms with Gasteiger partial charge in [0.15, 0.2) is 5.16 Å². The number of sulfonamides is 1. The summed E-state index contributed by atoms with van der Waals surface area (Å²) in [6, 6.07) is 16.3. The number of nitrogens with zero attached hydrogens (tertiary/aromatic N) is 2. The number of thioether (sulfide) groups is 1. The fourth-order valence-electron chi connectivity index (χ4n) is 3.41. The van der Waals surface area contributed by atoms with Crippen LogP contribution in [-0.4, -0.2) is 42.4 Å². The molecule has 4 rings (SSSR count). The lowest BCUT2D eigenvalue weighted by Crippen LogP contribution is -2.29. The second-order valence-electron chi connectivity index (χ2n) is 7.68. The SMILES string of the molecule is Cc1[nH]c(SCC(=O)Nc2cccc(S(=O)(=O)NC3=NCCC3)c2)nc1Cc1ccccc1. The summed E-state index contributed by atoms with van der Waals surface area (Å²) in [7, 11) is -3.74. The summed E-state index contributed by atoms with van der Waals surface area (Å²) in [5.74, 6) is 0.367. The van der Waals surface area contributed by atoms with Crippen molar-refractivity contribution in [3.05, 3.63) is 71.5 Å². The van der Waals surface area contributed by atoms with Crippen LogP contribution in [0, 0.1) is 6.92 Å². The van der Waals surface area contributed by atoms with E-state index in [4.69, 9.17) is 0 Å². The van der Waals surface area contributed by atoms with Crippen molar-refractivity contribution in [2.24, 2.45) is 4.99 Å². The number of amidine groups is 1. The van der Waals surface area contributed by atoms with Gasteiger partial charge in [-0.25, -0.2) is 13.4 Å². The molecule has 1 aliphatic rings. The highest BCUT2D eigenvalue weighted by atomic mass is 32.2. The fourth-order valence-corrected chi connectivity index (χ4v) is 5.28. The molecule has 172 valence electrons. The van der Waals surface area contributed by atoms with E-state index in [9.17, 15) is 13.2 Å². The summed E-state index contributed by atoms with van der Waals surface area (Å²) in [5, 5.41) is 3.43. The number of aromatic amines is 1. The molecule has 0 spiro atoms. The van der Waals surface area contributed by atoms with E-state index >= 15 is 0 Å². The summed E-state index contributed by atoms with van der Waals surface area (Å²) in [5.41, 5.74) is 3.50. The van der Waals surface area contributed by atoms with Crippen molar-refractivity contribution >= 4 is 39.2 Å². The van der Waals surface area contributed by atoms with Crippen LogP contribution in [-0.2, 0) is 21.2 Å². The predicted octanol–water partition coefficient (Wildman–Crippen LogP) is 3.51. The van der Waals surface area contributed by atoms with Gasteiger partial charge in [0, 0.05) is 30.8 Å². The number of carbonyl (C=O) groups excluding carboxylic acids is 1. The van der Waals surface area contributed by atoms with Gasteiger partial charge in [-0.2, -0.15) is 0 Å². The fraction of sp³-hybridized carbons (Fsp3) is 0.261. The predicted molar refractivity (Wildman–Crippen MR) is 130 cm³/mol. The standard InChI is InChI=1S/C23H25N5O3S2/c1-16-20(13-17-7-3-2-4-8-17)27-23(25-16)32-15-22(29)26-18-9-5-10-19(14-18)33(30,31)28-21-11-6-12-24-21/h2-5,7-10,14H,6,11-13,15H2,1H3,(H,24,28)(H,25,27)(H,26,29). The van der Waals surface area contributed by atoms with Crippen molar-refractivity contribution in [3.8, 4) is 0 Å². The molecule has 0 saturated heterocycles. The maximum absolute atomic E-state index is 12.6. The van der Waals surface area contributed by atoms with Gasteiger partial charge in [-0.05, 0) is 37.1 Å². The van der Waals surface area contributed by atoms with Crippen LogP contribution in [0.15, 0.2) is 69.6 Å². The number of anilines is 1. The van der Waals surface area contributed by atoms with Gasteiger partial charge < -0.3 is 10.3 Å². The molecule has 1 amide bonds. The molecule has 3 aromatic rings. The Labute approximate surface area is 197 Å². The van der Waals surface area contributed by atoms with Crippen LogP contribution in [0.25, 0.3) is 0 Å². The van der Waals surface area contributed by atoms with Crippen LogP contribution in [0.1, 0.15) is 29.8 Å². The summed E-state index contributed by atoms with van der Waals surface area (Å²) in [6.07, 6.45) is 2.18. The van der Waals surface area contributed by atoms with Crippen molar-refractivity contribution in [2.45, 2.75) is 36.2 Å². The Bertz CT molecular complexity index is 1270. The van der Waals surface area contributed by atoms with E-state index in [1.807, 2.05) is 25.1 Å². The zero-order valence-electron chi connectivity index (χ0n) is 18.2. The molecule has 0 unspecified atom stereocenters. The van der Waals surface area contributed by atoms with Crippen LogP contribution < -0.4 is 10.0 Å². The topological polar surface area (TPSA) is 116 Å². The van der Waals surface area contributed by atoms with Crippen LogP contribution in [0.3, 0.4) is 0 Å². The lowest BCUT2D eigenvalue weighted by molar-refractivity contribution is -0.113. The smallest absolute Gasteiger partial charge is 0.262 e. The Morgan fingerprint density at radius 3 is 2.73 bits per heavy atom. The van der Waals surface area contributed by atoms with Gasteiger partial charge in [-0.1, -0.05) is 48.2 Å². The highest BCUT2D eigenvalue weighted by Crippen LogP contribution is 2.20. The third-order valence-electron chi connectivity index (χ3n) is 5.07. The molecule has 0 aliphatic carbocycles. The van der Waals surface area contributed by atoms with Crippen LogP contribution in [0.4, 0.5) is 5.69 Å². The maximum atomic E-state index is 12.6. The van der Waals surface area contributed by atoms with Crippen LogP contribution >= 0.6 is 11.8 Å². The number of hydrogen-bond acceptors (Lipinski definition) is 6. The molecule has 1 aliphatic heterocycles. The minimum Gasteiger partial charge on any atom is -0.337 e. The number of carbonyl (C=O) groups is 1. The minimum atomic E-state index is -3.74. The van der Waals surface area contributed by atoms with Gasteiger partial charge in [0.25, 0.3) is 10.0 Å². The van der Waals surface area contributed by atoms with E-state index in [0.29, 0.717) is 29.6 Å². The lowest BCUT2D eigenvalue weighted by atomic mass is 10.1. The molecule has 1 aromatic heterocycles. The molecular formula is C23H25N5O3S2. The molecule has 0 saturated carbocycles. The Balaban J connectivity index is 1.34. The van der Waals surface area contributed by atoms with E-state index in [1.54, 1.807) is 12.1 Å². The molecule has 2 heterocycles. The normalized spacial score (nSPS) is 13.5. The average molecular weight is 484 g/mol. The number of benzene rings is 2. The van der Waals surface area contributed by atoms with Gasteiger partial charge in [0.1, 0.15) is 5.84 Å². The molecule has 3 N–H and O–H groups in total. The number of amides is 1. The van der Waals surface area contributed by atoms with Gasteiger partial charge in [-0.15, -0.1) is 0 Å². The van der Waals surface area contributed by atoms with E-state index in [1.165, 1.54) is 29.5 Å². The van der Waals surface area contributed by atoms with Gasteiger partial charge in [0.2, 0.25) is 5.91 Å². The zero-order valence-corrected chi connectivity index (χ0v) is 19.8. The molecule has 0 fully saturated rings. The monoisotopic (exact) mass is 483 g/mol. The van der Waals surface area contributed by atoms with Gasteiger partial charge in [0.05, 0.1) is 16.3 Å². The number of aliphatic imine (C=N–C) groups is 1. The molecule has 10 heteroatoms. The van der Waals surface area contributed by atoms with E-state index < -0.39 is 10.0 Å². The van der Waals surface area contributed by atoms with Crippen molar-refractivity contribution in [1.29, 1.82) is 0 Å². The maximum Gasteiger partial charge on any atom is 0.262 e. The Morgan fingerprint density at radius 2 is 1.97 bits per heavy atom. The number of H-pyrrole nitrogens is 1. The first-order valence-electron chi connectivity index (χ1n) is 10.6. The number of hydrogen-bond donors (Lipinski definition) is 3. The number of rotatable bonds is 8. The molecule has 33 heavy (non-hydrogen) atoms. The third kappa shape index (κ3) is 6.23. The van der Waals surface area contributed by atoms with Gasteiger partial charge in [-0.3, -0.25) is 14.5 Å². The first-order chi connectivity index (χ1) is 15.9. The molecule has 0 atom stereocenters. The van der Waals surface area contributed by atoms with E-state index in [0.717, 1.165) is 24.2 Å². The van der Waals surface area contributed by atoms with Crippen LogP contribution in [0.2, 0.25) is 0 Å². The quantitative estimate of drug-likeness (QED) is 0.424. The number of aryl methyl sites for hydroxylation is 1. The summed E-state index contributed by atoms with van der Waals surface area (Å²) in [4.78, 5) is 24.5. The number of imidazole rings is 1. The third-order valence-corrected chi connectivity index (χ3v) is 7.33. The summed E-state index contributed by atoms with van der Waals surface area (Å²) < 4.78 is 27.7. The van der Waals surface area contributed by atoms with Crippen molar-refractivity contribution in [1.82, 2.24) is 14.7 Å².